The van der Waals surface area contributed by atoms with Gasteiger partial charge in [-0.15, -0.1) is 0 Å². The third kappa shape index (κ3) is 2.49. The van der Waals surface area contributed by atoms with Crippen molar-refractivity contribution in [2.75, 3.05) is 6.61 Å². The number of nitrogens with zero attached hydrogens (tertiary/aromatic N) is 1. The normalized spacial score (nSPS) is 22.3. The number of hydrazone groups is 1. The molecular formula is C13H13F3N2O. The first-order valence-corrected chi connectivity index (χ1v) is 5.75. The number of hydrogen-bond donors (Lipinski definition) is 2. The number of alkyl halides is 3. The number of allylic oxidation sites excluding steroid dienone is 1. The van der Waals surface area contributed by atoms with E-state index in [1.807, 2.05) is 0 Å². The zero-order valence-corrected chi connectivity index (χ0v) is 9.98. The minimum atomic E-state index is -4.50. The number of nitrogens with one attached hydrogen (secondary N) is 1. The van der Waals surface area contributed by atoms with Crippen LogP contribution in [0.1, 0.15) is 11.1 Å². The molecule has 1 atom stereocenters. The van der Waals surface area contributed by atoms with Gasteiger partial charge in [0, 0.05) is 12.8 Å². The minimum Gasteiger partial charge on any atom is -0.396 e. The molecule has 1 aliphatic heterocycles. The van der Waals surface area contributed by atoms with Crippen LogP contribution in [0.2, 0.25) is 0 Å². The second-order valence-electron chi connectivity index (χ2n) is 4.23. The molecule has 2 N–H and O–H groups in total. The van der Waals surface area contributed by atoms with Crippen molar-refractivity contribution < 1.29 is 18.3 Å². The Morgan fingerprint density at radius 1 is 1.21 bits per heavy atom. The summed E-state index contributed by atoms with van der Waals surface area (Å²) in [5, 5.41) is 12.3. The standard InChI is InChI=1S/C13H13F3N2O/c14-13(15,16)12(7-1-8-17-18-12)11-4-2-10(3-5-11)6-9-19/h1-5,7-8,18-19H,6,9H2. The van der Waals surface area contributed by atoms with Crippen molar-refractivity contribution in [3.05, 3.63) is 47.5 Å². The van der Waals surface area contributed by atoms with Gasteiger partial charge in [-0.05, 0) is 29.7 Å². The molecule has 0 saturated carbocycles. The lowest BCUT2D eigenvalue weighted by molar-refractivity contribution is -0.185. The molecular weight excluding hydrogens is 257 g/mol. The zero-order valence-electron chi connectivity index (χ0n) is 9.98. The van der Waals surface area contributed by atoms with Gasteiger partial charge in [0.05, 0.1) is 0 Å². The highest BCUT2D eigenvalue weighted by molar-refractivity contribution is 5.72. The molecule has 0 spiro atoms. The molecule has 1 heterocycles. The van der Waals surface area contributed by atoms with E-state index in [-0.39, 0.29) is 12.2 Å². The summed E-state index contributed by atoms with van der Waals surface area (Å²) in [4.78, 5) is 0. The quantitative estimate of drug-likeness (QED) is 0.883. The topological polar surface area (TPSA) is 44.6 Å². The SMILES string of the molecule is OCCc1ccc(C2(C(F)(F)F)C=CC=NN2)cc1. The highest BCUT2D eigenvalue weighted by Gasteiger charge is 2.55. The first kappa shape index (κ1) is 13.6. The maximum atomic E-state index is 13.3. The lowest BCUT2D eigenvalue weighted by Crippen LogP contribution is -2.51. The lowest BCUT2D eigenvalue weighted by atomic mass is 9.88. The van der Waals surface area contributed by atoms with Gasteiger partial charge in [-0.3, -0.25) is 5.43 Å². The van der Waals surface area contributed by atoms with Crippen LogP contribution in [0.25, 0.3) is 0 Å². The van der Waals surface area contributed by atoms with Crippen LogP contribution in [0, 0.1) is 0 Å². The van der Waals surface area contributed by atoms with Crippen LogP contribution in [0.4, 0.5) is 13.2 Å². The highest BCUT2D eigenvalue weighted by Crippen LogP contribution is 2.41. The molecule has 1 unspecified atom stereocenters. The number of hydrogen-bond acceptors (Lipinski definition) is 3. The zero-order chi connectivity index (χ0) is 13.9. The first-order chi connectivity index (χ1) is 8.99. The largest absolute Gasteiger partial charge is 0.420 e. The predicted molar refractivity (Wildman–Crippen MR) is 65.7 cm³/mol. The van der Waals surface area contributed by atoms with Gasteiger partial charge >= 0.3 is 6.18 Å². The second-order valence-corrected chi connectivity index (χ2v) is 4.23. The summed E-state index contributed by atoms with van der Waals surface area (Å²) in [5.74, 6) is 0. The molecule has 2 rings (SSSR count). The Balaban J connectivity index is 2.40. The fraction of sp³-hybridized carbons (Fsp3) is 0.308. The molecule has 6 heteroatoms. The third-order valence-electron chi connectivity index (χ3n) is 3.00. The van der Waals surface area contributed by atoms with Crippen LogP contribution in [0.3, 0.4) is 0 Å². The summed E-state index contributed by atoms with van der Waals surface area (Å²) in [6, 6.07) is 5.95. The highest BCUT2D eigenvalue weighted by atomic mass is 19.4. The Morgan fingerprint density at radius 2 is 1.89 bits per heavy atom. The van der Waals surface area contributed by atoms with Crippen molar-refractivity contribution >= 4 is 6.21 Å². The Kier molecular flexibility index (Phi) is 3.61. The van der Waals surface area contributed by atoms with E-state index in [0.717, 1.165) is 11.6 Å². The molecule has 3 nitrogen and oxygen atoms in total. The van der Waals surface area contributed by atoms with Crippen molar-refractivity contribution in [2.24, 2.45) is 5.10 Å². The maximum Gasteiger partial charge on any atom is 0.420 e. The summed E-state index contributed by atoms with van der Waals surface area (Å²) >= 11 is 0. The fourth-order valence-corrected chi connectivity index (χ4v) is 1.95. The summed E-state index contributed by atoms with van der Waals surface area (Å²) in [5.41, 5.74) is 0.705. The Bertz CT molecular complexity index is 494. The average molecular weight is 270 g/mol. The smallest absolute Gasteiger partial charge is 0.396 e. The number of benzene rings is 1. The predicted octanol–water partition coefficient (Wildman–Crippen LogP) is 2.12. The molecule has 0 aliphatic carbocycles. The van der Waals surface area contributed by atoms with E-state index in [1.54, 1.807) is 12.1 Å². The van der Waals surface area contributed by atoms with Crippen LogP contribution >= 0.6 is 0 Å². The number of aliphatic hydroxyl groups is 1. The van der Waals surface area contributed by atoms with Gasteiger partial charge in [-0.2, -0.15) is 18.3 Å². The Labute approximate surface area is 108 Å². The Hall–Kier alpha value is -1.82. The molecule has 1 aromatic rings. The number of halogens is 3. The number of rotatable bonds is 3. The third-order valence-corrected chi connectivity index (χ3v) is 3.00. The van der Waals surface area contributed by atoms with Gasteiger partial charge in [0.25, 0.3) is 0 Å². The van der Waals surface area contributed by atoms with Gasteiger partial charge in [-0.25, -0.2) is 0 Å². The van der Waals surface area contributed by atoms with E-state index in [9.17, 15) is 13.2 Å². The summed E-state index contributed by atoms with van der Waals surface area (Å²) in [6.07, 6.45) is -0.503. The minimum absolute atomic E-state index is 0.0355. The second kappa shape index (κ2) is 5.05. The van der Waals surface area contributed by atoms with E-state index in [4.69, 9.17) is 5.11 Å². The van der Waals surface area contributed by atoms with Crippen molar-refractivity contribution in [1.82, 2.24) is 5.43 Å². The van der Waals surface area contributed by atoms with Crippen LogP contribution in [0.5, 0.6) is 0 Å². The van der Waals surface area contributed by atoms with Crippen LogP contribution < -0.4 is 5.43 Å². The van der Waals surface area contributed by atoms with Gasteiger partial charge in [0.1, 0.15) is 0 Å². The fourth-order valence-electron chi connectivity index (χ4n) is 1.95. The molecule has 0 saturated heterocycles. The van der Waals surface area contributed by atoms with Crippen molar-refractivity contribution in [3.8, 4) is 0 Å². The van der Waals surface area contributed by atoms with Gasteiger partial charge < -0.3 is 5.11 Å². The van der Waals surface area contributed by atoms with Crippen molar-refractivity contribution in [3.63, 3.8) is 0 Å². The molecule has 0 amide bonds. The van der Waals surface area contributed by atoms with Crippen LogP contribution in [0.15, 0.2) is 41.5 Å². The molecule has 0 aromatic heterocycles. The average Bonchev–Trinajstić information content (AvgIpc) is 2.39. The van der Waals surface area contributed by atoms with E-state index in [2.05, 4.69) is 10.5 Å². The van der Waals surface area contributed by atoms with Crippen molar-refractivity contribution in [1.29, 1.82) is 0 Å². The van der Waals surface area contributed by atoms with Crippen molar-refractivity contribution in [2.45, 2.75) is 18.1 Å². The molecule has 0 radical (unpaired) electrons. The first-order valence-electron chi connectivity index (χ1n) is 5.75. The lowest BCUT2D eigenvalue weighted by Gasteiger charge is -2.34. The molecule has 19 heavy (non-hydrogen) atoms. The molecule has 0 fully saturated rings. The van der Waals surface area contributed by atoms with Crippen LogP contribution in [-0.4, -0.2) is 24.1 Å². The summed E-state index contributed by atoms with van der Waals surface area (Å²) in [6.45, 7) is -0.0355. The Morgan fingerprint density at radius 3 is 2.37 bits per heavy atom. The summed E-state index contributed by atoms with van der Waals surface area (Å²) < 4.78 is 39.9. The molecule has 1 aliphatic rings. The van der Waals surface area contributed by atoms with E-state index < -0.39 is 11.7 Å². The molecule has 1 aromatic carbocycles. The van der Waals surface area contributed by atoms with E-state index in [0.29, 0.717) is 6.42 Å². The van der Waals surface area contributed by atoms with E-state index in [1.165, 1.54) is 24.4 Å². The molecule has 102 valence electrons. The maximum absolute atomic E-state index is 13.3. The van der Waals surface area contributed by atoms with Gasteiger partial charge in [0.15, 0.2) is 5.54 Å². The monoisotopic (exact) mass is 270 g/mol. The summed E-state index contributed by atoms with van der Waals surface area (Å²) in [7, 11) is 0. The van der Waals surface area contributed by atoms with E-state index >= 15 is 0 Å². The van der Waals surface area contributed by atoms with Gasteiger partial charge in [0.2, 0.25) is 0 Å². The molecule has 0 bridgehead atoms. The van der Waals surface area contributed by atoms with Crippen LogP contribution in [-0.2, 0) is 12.0 Å². The van der Waals surface area contributed by atoms with Gasteiger partial charge in [-0.1, -0.05) is 24.3 Å². The number of aliphatic hydroxyl groups excluding tert-OH is 1.